The van der Waals surface area contributed by atoms with E-state index in [-0.39, 0.29) is 17.6 Å². The van der Waals surface area contributed by atoms with Gasteiger partial charge >= 0.3 is 0 Å². The minimum atomic E-state index is -0.289. The van der Waals surface area contributed by atoms with Gasteiger partial charge in [0.25, 0.3) is 0 Å². The SMILES string of the molecule is O=C(NCc1ccc(Br)cc1)[C@@H]1CCCN(c2ccnc(-c3ccc(F)cc3)n2)C1. The van der Waals surface area contributed by atoms with Crippen LogP contribution >= 0.6 is 15.9 Å². The summed E-state index contributed by atoms with van der Waals surface area (Å²) in [6.45, 7) is 1.98. The van der Waals surface area contributed by atoms with E-state index in [2.05, 4.69) is 36.1 Å². The maximum Gasteiger partial charge on any atom is 0.225 e. The summed E-state index contributed by atoms with van der Waals surface area (Å²) in [5, 5.41) is 3.05. The average molecular weight is 469 g/mol. The molecule has 0 aliphatic carbocycles. The number of benzene rings is 2. The molecule has 4 rings (SSSR count). The first kappa shape index (κ1) is 20.5. The van der Waals surface area contributed by atoms with Crippen LogP contribution in [-0.4, -0.2) is 29.0 Å². The Morgan fingerprint density at radius 3 is 2.67 bits per heavy atom. The number of amides is 1. The van der Waals surface area contributed by atoms with Crippen LogP contribution < -0.4 is 10.2 Å². The molecule has 0 saturated carbocycles. The van der Waals surface area contributed by atoms with Crippen molar-refractivity contribution in [2.75, 3.05) is 18.0 Å². The number of nitrogens with one attached hydrogen (secondary N) is 1. The lowest BCUT2D eigenvalue weighted by atomic mass is 9.97. The van der Waals surface area contributed by atoms with Crippen molar-refractivity contribution in [3.63, 3.8) is 0 Å². The van der Waals surface area contributed by atoms with Crippen LogP contribution in [0.2, 0.25) is 0 Å². The first-order chi connectivity index (χ1) is 14.6. The van der Waals surface area contributed by atoms with Crippen LogP contribution in [0.5, 0.6) is 0 Å². The molecule has 3 aromatic rings. The highest BCUT2D eigenvalue weighted by atomic mass is 79.9. The van der Waals surface area contributed by atoms with Gasteiger partial charge in [-0.25, -0.2) is 14.4 Å². The third-order valence-corrected chi connectivity index (χ3v) is 5.77. The Labute approximate surface area is 183 Å². The number of aromatic nitrogens is 2. The number of nitrogens with zero attached hydrogens (tertiary/aromatic N) is 3. The van der Waals surface area contributed by atoms with E-state index in [0.717, 1.165) is 40.8 Å². The number of hydrogen-bond donors (Lipinski definition) is 1. The van der Waals surface area contributed by atoms with Crippen molar-refractivity contribution in [3.05, 3.63) is 76.6 Å². The van der Waals surface area contributed by atoms with Crippen molar-refractivity contribution < 1.29 is 9.18 Å². The third-order valence-electron chi connectivity index (χ3n) is 5.24. The second-order valence-corrected chi connectivity index (χ2v) is 8.29. The summed E-state index contributed by atoms with van der Waals surface area (Å²) in [6, 6.07) is 15.9. The molecule has 5 nitrogen and oxygen atoms in total. The number of halogens is 2. The maximum absolute atomic E-state index is 13.2. The second-order valence-electron chi connectivity index (χ2n) is 7.37. The molecule has 2 heterocycles. The third kappa shape index (κ3) is 5.02. The van der Waals surface area contributed by atoms with E-state index in [0.29, 0.717) is 18.9 Å². The van der Waals surface area contributed by atoms with Gasteiger partial charge in [-0.1, -0.05) is 28.1 Å². The van der Waals surface area contributed by atoms with Crippen molar-refractivity contribution in [3.8, 4) is 11.4 Å². The summed E-state index contributed by atoms with van der Waals surface area (Å²) in [5.41, 5.74) is 1.83. The Kier molecular flexibility index (Phi) is 6.38. The fraction of sp³-hybridized carbons (Fsp3) is 0.261. The maximum atomic E-state index is 13.2. The van der Waals surface area contributed by atoms with Crippen molar-refractivity contribution in [1.29, 1.82) is 0 Å². The summed E-state index contributed by atoms with van der Waals surface area (Å²) >= 11 is 3.42. The molecule has 0 bridgehead atoms. The summed E-state index contributed by atoms with van der Waals surface area (Å²) in [5.74, 6) is 1.03. The van der Waals surface area contributed by atoms with Crippen LogP contribution in [0.1, 0.15) is 18.4 Å². The van der Waals surface area contributed by atoms with E-state index in [4.69, 9.17) is 0 Å². The molecule has 1 saturated heterocycles. The highest BCUT2D eigenvalue weighted by Crippen LogP contribution is 2.24. The van der Waals surface area contributed by atoms with Gasteiger partial charge in [0.1, 0.15) is 11.6 Å². The summed E-state index contributed by atoms with van der Waals surface area (Å²) in [6.07, 6.45) is 3.49. The first-order valence-electron chi connectivity index (χ1n) is 9.94. The molecule has 7 heteroatoms. The summed E-state index contributed by atoms with van der Waals surface area (Å²) < 4.78 is 14.2. The zero-order chi connectivity index (χ0) is 20.9. The predicted octanol–water partition coefficient (Wildman–Crippen LogP) is 4.58. The van der Waals surface area contributed by atoms with Gasteiger partial charge in [0.05, 0.1) is 5.92 Å². The number of anilines is 1. The second kappa shape index (κ2) is 9.34. The molecule has 0 radical (unpaired) electrons. The van der Waals surface area contributed by atoms with E-state index < -0.39 is 0 Å². The largest absolute Gasteiger partial charge is 0.356 e. The fourth-order valence-corrected chi connectivity index (χ4v) is 3.86. The Hall–Kier alpha value is -2.80. The van der Waals surface area contributed by atoms with Crippen molar-refractivity contribution >= 4 is 27.7 Å². The average Bonchev–Trinajstić information content (AvgIpc) is 2.79. The quantitative estimate of drug-likeness (QED) is 0.595. The monoisotopic (exact) mass is 468 g/mol. The Balaban J connectivity index is 1.41. The normalized spacial score (nSPS) is 16.3. The van der Waals surface area contributed by atoms with Gasteiger partial charge in [0, 0.05) is 35.9 Å². The van der Waals surface area contributed by atoms with Gasteiger partial charge in [-0.15, -0.1) is 0 Å². The lowest BCUT2D eigenvalue weighted by molar-refractivity contribution is -0.125. The molecule has 154 valence electrons. The predicted molar refractivity (Wildman–Crippen MR) is 118 cm³/mol. The highest BCUT2D eigenvalue weighted by molar-refractivity contribution is 9.10. The topological polar surface area (TPSA) is 58.1 Å². The minimum Gasteiger partial charge on any atom is -0.356 e. The Morgan fingerprint density at radius 1 is 1.13 bits per heavy atom. The molecular weight excluding hydrogens is 447 g/mol. The van der Waals surface area contributed by atoms with Crippen LogP contribution in [0.25, 0.3) is 11.4 Å². The smallest absolute Gasteiger partial charge is 0.225 e. The molecule has 1 aliphatic heterocycles. The first-order valence-corrected chi connectivity index (χ1v) is 10.7. The number of carbonyl (C=O) groups excluding carboxylic acids is 1. The number of carbonyl (C=O) groups is 1. The lowest BCUT2D eigenvalue weighted by Crippen LogP contribution is -2.43. The van der Waals surface area contributed by atoms with Crippen molar-refractivity contribution in [1.82, 2.24) is 15.3 Å². The van der Waals surface area contributed by atoms with E-state index in [1.807, 2.05) is 30.3 Å². The Morgan fingerprint density at radius 2 is 1.90 bits per heavy atom. The summed E-state index contributed by atoms with van der Waals surface area (Å²) in [7, 11) is 0. The standard InChI is InChI=1S/C23H22BrFN4O/c24-19-7-3-16(4-8-19)14-27-23(30)18-2-1-13-29(15-18)21-11-12-26-22(28-21)17-5-9-20(25)10-6-17/h3-12,18H,1-2,13-15H2,(H,27,30)/t18-/m1/s1. The highest BCUT2D eigenvalue weighted by Gasteiger charge is 2.26. The van der Waals surface area contributed by atoms with Gasteiger partial charge in [0.15, 0.2) is 5.82 Å². The number of hydrogen-bond acceptors (Lipinski definition) is 4. The zero-order valence-electron chi connectivity index (χ0n) is 16.4. The molecule has 1 fully saturated rings. The molecule has 1 aromatic heterocycles. The van der Waals surface area contributed by atoms with Crippen LogP contribution in [0.15, 0.2) is 65.3 Å². The minimum absolute atomic E-state index is 0.0652. The van der Waals surface area contributed by atoms with Crippen LogP contribution in [0.4, 0.5) is 10.2 Å². The molecule has 0 spiro atoms. The molecular formula is C23H22BrFN4O. The fourth-order valence-electron chi connectivity index (χ4n) is 3.60. The molecule has 1 aliphatic rings. The molecule has 1 amide bonds. The van der Waals surface area contributed by atoms with Crippen LogP contribution in [0.3, 0.4) is 0 Å². The van der Waals surface area contributed by atoms with Gasteiger partial charge in [0.2, 0.25) is 5.91 Å². The van der Waals surface area contributed by atoms with Gasteiger partial charge in [-0.05, 0) is 60.9 Å². The van der Waals surface area contributed by atoms with Crippen molar-refractivity contribution in [2.24, 2.45) is 5.92 Å². The van der Waals surface area contributed by atoms with Crippen LogP contribution in [-0.2, 0) is 11.3 Å². The molecule has 1 N–H and O–H groups in total. The van der Waals surface area contributed by atoms with E-state index in [1.54, 1.807) is 18.3 Å². The van der Waals surface area contributed by atoms with Gasteiger partial charge in [-0.3, -0.25) is 4.79 Å². The number of rotatable bonds is 5. The van der Waals surface area contributed by atoms with E-state index >= 15 is 0 Å². The number of piperidine rings is 1. The van der Waals surface area contributed by atoms with Crippen LogP contribution in [0, 0.1) is 11.7 Å². The summed E-state index contributed by atoms with van der Waals surface area (Å²) in [4.78, 5) is 23.8. The van der Waals surface area contributed by atoms with Gasteiger partial charge < -0.3 is 10.2 Å². The molecule has 30 heavy (non-hydrogen) atoms. The van der Waals surface area contributed by atoms with Gasteiger partial charge in [-0.2, -0.15) is 0 Å². The Bertz CT molecular complexity index is 1010. The molecule has 0 unspecified atom stereocenters. The molecule has 1 atom stereocenters. The molecule has 2 aromatic carbocycles. The van der Waals surface area contributed by atoms with E-state index in [9.17, 15) is 9.18 Å². The lowest BCUT2D eigenvalue weighted by Gasteiger charge is -2.33. The van der Waals surface area contributed by atoms with Crippen molar-refractivity contribution in [2.45, 2.75) is 19.4 Å². The van der Waals surface area contributed by atoms with E-state index in [1.165, 1.54) is 12.1 Å². The zero-order valence-corrected chi connectivity index (χ0v) is 18.0.